The van der Waals surface area contributed by atoms with E-state index in [4.69, 9.17) is 24.5 Å². The normalized spacial score (nSPS) is 22.4. The molecule has 0 bridgehead atoms. The number of esters is 3. The quantitative estimate of drug-likeness (QED) is 0.0808. The van der Waals surface area contributed by atoms with Gasteiger partial charge in [-0.1, -0.05) is 5.11 Å². The molecule has 0 aliphatic carbocycles. The van der Waals surface area contributed by atoms with Gasteiger partial charge in [-0.05, 0) is 25.3 Å². The first-order chi connectivity index (χ1) is 15.6. The zero-order valence-electron chi connectivity index (χ0n) is 19.2. The number of hydrogen-bond acceptors (Lipinski definition) is 10. The van der Waals surface area contributed by atoms with Crippen molar-refractivity contribution in [3.8, 4) is 0 Å². The SMILES string of the molecule is CC(=O)OCC1O[C@@H](N/C=C(/C)C(=O)NCCCCN=[N+]=[N-])C[C@@H](OC(C)=O)[C@H]1OC(C)=O. The van der Waals surface area contributed by atoms with Gasteiger partial charge in [0.2, 0.25) is 5.91 Å². The number of azide groups is 1. The molecule has 4 atom stereocenters. The smallest absolute Gasteiger partial charge is 0.303 e. The van der Waals surface area contributed by atoms with Gasteiger partial charge in [-0.2, -0.15) is 0 Å². The molecule has 1 rings (SSSR count). The number of carbonyl (C=O) groups excluding carboxylic acids is 4. The van der Waals surface area contributed by atoms with E-state index in [1.165, 1.54) is 27.0 Å². The van der Waals surface area contributed by atoms with Crippen LogP contribution >= 0.6 is 0 Å². The lowest BCUT2D eigenvalue weighted by Crippen LogP contribution is -2.56. The number of nitrogens with zero attached hydrogens (tertiary/aromatic N) is 3. The molecule has 1 heterocycles. The highest BCUT2D eigenvalue weighted by Gasteiger charge is 2.43. The predicted molar refractivity (Wildman–Crippen MR) is 114 cm³/mol. The fourth-order valence-corrected chi connectivity index (χ4v) is 3.02. The summed E-state index contributed by atoms with van der Waals surface area (Å²) in [7, 11) is 0. The average Bonchev–Trinajstić information content (AvgIpc) is 2.73. The molecule has 1 aliphatic rings. The van der Waals surface area contributed by atoms with Crippen LogP contribution < -0.4 is 10.6 Å². The second-order valence-corrected chi connectivity index (χ2v) is 7.33. The van der Waals surface area contributed by atoms with Crippen LogP contribution in [0.2, 0.25) is 0 Å². The minimum Gasteiger partial charge on any atom is -0.463 e. The van der Waals surface area contributed by atoms with Crippen LogP contribution in [0.5, 0.6) is 0 Å². The third-order valence-electron chi connectivity index (χ3n) is 4.47. The van der Waals surface area contributed by atoms with Gasteiger partial charge in [0.25, 0.3) is 0 Å². The van der Waals surface area contributed by atoms with E-state index in [0.29, 0.717) is 31.5 Å². The summed E-state index contributed by atoms with van der Waals surface area (Å²) < 4.78 is 21.5. The molecule has 13 nitrogen and oxygen atoms in total. The Morgan fingerprint density at radius 2 is 1.79 bits per heavy atom. The summed E-state index contributed by atoms with van der Waals surface area (Å²) in [5.74, 6) is -2.03. The molecule has 1 fully saturated rings. The highest BCUT2D eigenvalue weighted by Crippen LogP contribution is 2.25. The molecule has 0 aromatic carbocycles. The van der Waals surface area contributed by atoms with Crippen molar-refractivity contribution in [3.05, 3.63) is 22.2 Å². The van der Waals surface area contributed by atoms with Crippen molar-refractivity contribution in [2.45, 2.75) is 71.5 Å². The van der Waals surface area contributed by atoms with E-state index >= 15 is 0 Å². The van der Waals surface area contributed by atoms with Gasteiger partial charge in [0, 0.05) is 57.0 Å². The molecule has 0 radical (unpaired) electrons. The molecule has 1 aliphatic heterocycles. The van der Waals surface area contributed by atoms with E-state index in [2.05, 4.69) is 20.7 Å². The molecule has 0 aromatic heterocycles. The van der Waals surface area contributed by atoms with Gasteiger partial charge in [-0.15, -0.1) is 0 Å². The van der Waals surface area contributed by atoms with Crippen LogP contribution in [-0.2, 0) is 38.1 Å². The zero-order chi connectivity index (χ0) is 24.8. The molecule has 33 heavy (non-hydrogen) atoms. The van der Waals surface area contributed by atoms with Gasteiger partial charge < -0.3 is 29.6 Å². The molecule has 1 saturated heterocycles. The lowest BCUT2D eigenvalue weighted by molar-refractivity contribution is -0.217. The number of nitrogens with one attached hydrogen (secondary N) is 2. The van der Waals surface area contributed by atoms with E-state index in [1.807, 2.05) is 0 Å². The van der Waals surface area contributed by atoms with Gasteiger partial charge in [0.05, 0.1) is 0 Å². The summed E-state index contributed by atoms with van der Waals surface area (Å²) >= 11 is 0. The van der Waals surface area contributed by atoms with Crippen molar-refractivity contribution in [1.29, 1.82) is 0 Å². The predicted octanol–water partition coefficient (Wildman–Crippen LogP) is 1.23. The number of unbranched alkanes of at least 4 members (excludes halogenated alkanes) is 1. The number of carbonyl (C=O) groups is 4. The van der Waals surface area contributed by atoms with Crippen molar-refractivity contribution in [3.63, 3.8) is 0 Å². The molecule has 0 saturated carbocycles. The molecular formula is C20H31N5O8. The van der Waals surface area contributed by atoms with Crippen LogP contribution in [0, 0.1) is 0 Å². The number of ether oxygens (including phenoxy) is 4. The summed E-state index contributed by atoms with van der Waals surface area (Å²) in [6, 6.07) is 0. The van der Waals surface area contributed by atoms with Gasteiger partial charge >= 0.3 is 17.9 Å². The second kappa shape index (κ2) is 14.7. The van der Waals surface area contributed by atoms with E-state index in [9.17, 15) is 19.2 Å². The molecule has 1 amide bonds. The standard InChI is InChI=1S/C20H31N5O8/c1-12(20(29)22-7-5-6-8-24-25-21)10-23-18-9-16(31-14(3)27)19(32-15(4)28)17(33-18)11-30-13(2)26/h10,16-19,23H,5-9,11H2,1-4H3,(H,22,29)/b12-10-/t16-,17?,18-,19-/m1/s1. The Labute approximate surface area is 191 Å². The first-order valence-electron chi connectivity index (χ1n) is 10.5. The number of rotatable bonds is 12. The van der Waals surface area contributed by atoms with Crippen LogP contribution in [0.4, 0.5) is 0 Å². The molecule has 0 spiro atoms. The topological polar surface area (TPSA) is 178 Å². The van der Waals surface area contributed by atoms with Gasteiger partial charge in [-0.3, -0.25) is 19.2 Å². The van der Waals surface area contributed by atoms with Crippen molar-refractivity contribution in [1.82, 2.24) is 10.6 Å². The number of hydrogen-bond donors (Lipinski definition) is 2. The Balaban J connectivity index is 2.78. The van der Waals surface area contributed by atoms with Crippen molar-refractivity contribution >= 4 is 23.8 Å². The Morgan fingerprint density at radius 3 is 2.39 bits per heavy atom. The Hall–Kier alpha value is -3.31. The minimum atomic E-state index is -0.970. The summed E-state index contributed by atoms with van der Waals surface area (Å²) in [4.78, 5) is 49.2. The van der Waals surface area contributed by atoms with Gasteiger partial charge in [0.1, 0.15) is 25.0 Å². The first-order valence-corrected chi connectivity index (χ1v) is 10.5. The van der Waals surface area contributed by atoms with E-state index < -0.39 is 42.4 Å². The van der Waals surface area contributed by atoms with E-state index in [0.717, 1.165) is 0 Å². The Bertz CT molecular complexity index is 780. The third kappa shape index (κ3) is 11.2. The van der Waals surface area contributed by atoms with Crippen LogP contribution in [-0.4, -0.2) is 68.1 Å². The highest BCUT2D eigenvalue weighted by molar-refractivity contribution is 5.92. The molecule has 2 N–H and O–H groups in total. The largest absolute Gasteiger partial charge is 0.463 e. The fraction of sp³-hybridized carbons (Fsp3) is 0.700. The van der Waals surface area contributed by atoms with E-state index in [-0.39, 0.29) is 18.9 Å². The Kier molecular flexibility index (Phi) is 12.3. The lowest BCUT2D eigenvalue weighted by Gasteiger charge is -2.40. The van der Waals surface area contributed by atoms with Crippen LogP contribution in [0.3, 0.4) is 0 Å². The fourth-order valence-electron chi connectivity index (χ4n) is 3.02. The second-order valence-electron chi connectivity index (χ2n) is 7.33. The highest BCUT2D eigenvalue weighted by atomic mass is 16.6. The maximum Gasteiger partial charge on any atom is 0.303 e. The monoisotopic (exact) mass is 469 g/mol. The van der Waals surface area contributed by atoms with Gasteiger partial charge in [0.15, 0.2) is 6.10 Å². The first kappa shape index (κ1) is 27.7. The van der Waals surface area contributed by atoms with Crippen molar-refractivity contribution in [2.24, 2.45) is 5.11 Å². The lowest BCUT2D eigenvalue weighted by atomic mass is 10.00. The summed E-state index contributed by atoms with van der Waals surface area (Å²) in [5.41, 5.74) is 8.60. The van der Waals surface area contributed by atoms with Crippen molar-refractivity contribution in [2.75, 3.05) is 19.7 Å². The molecule has 1 unspecified atom stereocenters. The van der Waals surface area contributed by atoms with Gasteiger partial charge in [-0.25, -0.2) is 0 Å². The maximum absolute atomic E-state index is 12.2. The van der Waals surface area contributed by atoms with Crippen molar-refractivity contribution < 1.29 is 38.1 Å². The maximum atomic E-state index is 12.2. The summed E-state index contributed by atoms with van der Waals surface area (Å²) in [6.07, 6.45) is -0.527. The van der Waals surface area contributed by atoms with Crippen LogP contribution in [0.25, 0.3) is 10.4 Å². The number of amides is 1. The van der Waals surface area contributed by atoms with E-state index in [1.54, 1.807) is 6.92 Å². The molecular weight excluding hydrogens is 438 g/mol. The summed E-state index contributed by atoms with van der Waals surface area (Å²) in [6.45, 7) is 5.84. The zero-order valence-corrected chi connectivity index (χ0v) is 19.2. The van der Waals surface area contributed by atoms with Crippen LogP contribution in [0.15, 0.2) is 16.9 Å². The third-order valence-corrected chi connectivity index (χ3v) is 4.47. The molecule has 0 aromatic rings. The molecule has 184 valence electrons. The average molecular weight is 469 g/mol. The Morgan fingerprint density at radius 1 is 1.09 bits per heavy atom. The minimum absolute atomic E-state index is 0.124. The summed E-state index contributed by atoms with van der Waals surface area (Å²) in [5, 5.41) is 9.11. The molecule has 13 heteroatoms. The van der Waals surface area contributed by atoms with Crippen LogP contribution in [0.1, 0.15) is 47.0 Å².